The number of benzene rings is 1. The van der Waals surface area contributed by atoms with Crippen molar-refractivity contribution >= 4 is 24.1 Å². The van der Waals surface area contributed by atoms with Crippen LogP contribution < -0.4 is 20.7 Å². The molecule has 1 aromatic heterocycles. The summed E-state index contributed by atoms with van der Waals surface area (Å²) in [6, 6.07) is 7.85. The fourth-order valence-electron chi connectivity index (χ4n) is 3.54. The van der Waals surface area contributed by atoms with E-state index in [1.165, 1.54) is 0 Å². The monoisotopic (exact) mass is 401 g/mol. The Morgan fingerprint density at radius 2 is 2.14 bits per heavy atom. The van der Waals surface area contributed by atoms with Gasteiger partial charge < -0.3 is 25.8 Å². The molecule has 0 atom stereocenters. The maximum absolute atomic E-state index is 12.6. The average Bonchev–Trinajstić information content (AvgIpc) is 2.70. The SMILES string of the molecule is CCc1cnc(N)nc1N1CC(Cc2cccc(OC)c2)(C(=O)NC)C1.O=CO. The van der Waals surface area contributed by atoms with Gasteiger partial charge in [0.2, 0.25) is 11.9 Å². The van der Waals surface area contributed by atoms with Crippen molar-refractivity contribution < 1.29 is 19.4 Å². The number of aromatic nitrogens is 2. The zero-order chi connectivity index (χ0) is 21.4. The van der Waals surface area contributed by atoms with Crippen molar-refractivity contribution in [3.05, 3.63) is 41.6 Å². The molecule has 0 unspecified atom stereocenters. The first-order valence-corrected chi connectivity index (χ1v) is 9.22. The molecule has 2 heterocycles. The first kappa shape index (κ1) is 21.9. The van der Waals surface area contributed by atoms with Gasteiger partial charge >= 0.3 is 0 Å². The van der Waals surface area contributed by atoms with Crippen molar-refractivity contribution in [2.75, 3.05) is 37.9 Å². The van der Waals surface area contributed by atoms with Gasteiger partial charge in [-0.3, -0.25) is 9.59 Å². The number of hydrogen-bond acceptors (Lipinski definition) is 7. The van der Waals surface area contributed by atoms with E-state index in [-0.39, 0.29) is 18.3 Å². The first-order valence-electron chi connectivity index (χ1n) is 9.22. The molecule has 2 aromatic rings. The predicted octanol–water partition coefficient (Wildman–Crippen LogP) is 1.13. The smallest absolute Gasteiger partial charge is 0.290 e. The number of carboxylic acid groups (broad SMARTS) is 1. The largest absolute Gasteiger partial charge is 0.497 e. The van der Waals surface area contributed by atoms with Gasteiger partial charge in [0.25, 0.3) is 6.47 Å². The molecule has 1 aliphatic rings. The van der Waals surface area contributed by atoms with Gasteiger partial charge in [-0.05, 0) is 30.5 Å². The topological polar surface area (TPSA) is 131 Å². The third-order valence-corrected chi connectivity index (χ3v) is 4.91. The van der Waals surface area contributed by atoms with E-state index in [0.717, 1.165) is 29.1 Å². The Labute approximate surface area is 169 Å². The highest BCUT2D eigenvalue weighted by atomic mass is 16.5. The number of carbonyl (C=O) groups is 2. The molecule has 1 saturated heterocycles. The molecule has 156 valence electrons. The minimum Gasteiger partial charge on any atom is -0.497 e. The average molecular weight is 401 g/mol. The van der Waals surface area contributed by atoms with Crippen molar-refractivity contribution in [2.45, 2.75) is 19.8 Å². The van der Waals surface area contributed by atoms with Gasteiger partial charge in [0.05, 0.1) is 12.5 Å². The number of aryl methyl sites for hydroxylation is 1. The van der Waals surface area contributed by atoms with Crippen LogP contribution in [0.5, 0.6) is 5.75 Å². The lowest BCUT2D eigenvalue weighted by Gasteiger charge is -2.50. The van der Waals surface area contributed by atoms with Crippen LogP contribution in [0, 0.1) is 5.41 Å². The van der Waals surface area contributed by atoms with E-state index in [0.29, 0.717) is 19.5 Å². The second-order valence-electron chi connectivity index (χ2n) is 6.78. The zero-order valence-electron chi connectivity index (χ0n) is 16.9. The first-order chi connectivity index (χ1) is 13.9. The van der Waals surface area contributed by atoms with Crippen molar-refractivity contribution in [1.29, 1.82) is 0 Å². The van der Waals surface area contributed by atoms with E-state index in [9.17, 15) is 4.79 Å². The van der Waals surface area contributed by atoms with Crippen LogP contribution in [-0.2, 0) is 22.4 Å². The van der Waals surface area contributed by atoms with Crippen LogP contribution in [0.4, 0.5) is 11.8 Å². The van der Waals surface area contributed by atoms with Crippen molar-refractivity contribution in [1.82, 2.24) is 15.3 Å². The molecule has 1 fully saturated rings. The van der Waals surface area contributed by atoms with Gasteiger partial charge in [-0.2, -0.15) is 4.98 Å². The second kappa shape index (κ2) is 9.72. The number of nitrogens with one attached hydrogen (secondary N) is 1. The molecule has 9 nitrogen and oxygen atoms in total. The fraction of sp³-hybridized carbons (Fsp3) is 0.400. The van der Waals surface area contributed by atoms with Crippen LogP contribution in [-0.4, -0.2) is 54.7 Å². The summed E-state index contributed by atoms with van der Waals surface area (Å²) in [4.78, 5) is 31.6. The molecular formula is C20H27N5O4. The fourth-order valence-corrected chi connectivity index (χ4v) is 3.54. The molecule has 9 heteroatoms. The molecule has 4 N–H and O–H groups in total. The summed E-state index contributed by atoms with van der Waals surface area (Å²) in [7, 11) is 3.32. The zero-order valence-corrected chi connectivity index (χ0v) is 16.9. The molecule has 3 rings (SSSR count). The lowest BCUT2D eigenvalue weighted by atomic mass is 9.73. The Morgan fingerprint density at radius 3 is 2.72 bits per heavy atom. The lowest BCUT2D eigenvalue weighted by molar-refractivity contribution is -0.132. The highest BCUT2D eigenvalue weighted by Gasteiger charge is 2.49. The number of amides is 1. The Kier molecular flexibility index (Phi) is 7.35. The van der Waals surface area contributed by atoms with E-state index in [2.05, 4.69) is 27.1 Å². The highest BCUT2D eigenvalue weighted by molar-refractivity contribution is 5.86. The molecule has 29 heavy (non-hydrogen) atoms. The maximum Gasteiger partial charge on any atom is 0.290 e. The minimum atomic E-state index is -0.494. The van der Waals surface area contributed by atoms with E-state index in [1.54, 1.807) is 20.4 Å². The molecular weight excluding hydrogens is 374 g/mol. The molecule has 1 aromatic carbocycles. The summed E-state index contributed by atoms with van der Waals surface area (Å²) in [5.74, 6) is 1.91. The summed E-state index contributed by atoms with van der Waals surface area (Å²) >= 11 is 0. The van der Waals surface area contributed by atoms with Crippen LogP contribution in [0.1, 0.15) is 18.1 Å². The standard InChI is InChI=1S/C19H25N5O2.CH2O2/c1-4-14-10-22-18(20)23-16(14)24-11-19(12-24,17(25)21-2)9-13-6-5-7-15(8-13)26-3;2-1-3/h5-8,10H,4,9,11-12H2,1-3H3,(H,21,25)(H2,20,22,23);1H,(H,2,3). The molecule has 0 spiro atoms. The number of methoxy groups -OCH3 is 1. The summed E-state index contributed by atoms with van der Waals surface area (Å²) in [5, 5.41) is 9.70. The summed E-state index contributed by atoms with van der Waals surface area (Å²) in [6.45, 7) is 2.99. The van der Waals surface area contributed by atoms with Crippen LogP contribution >= 0.6 is 0 Å². The van der Waals surface area contributed by atoms with E-state index in [4.69, 9.17) is 20.4 Å². The molecule has 1 aliphatic heterocycles. The predicted molar refractivity (Wildman–Crippen MR) is 110 cm³/mol. The van der Waals surface area contributed by atoms with Crippen molar-refractivity contribution in [3.63, 3.8) is 0 Å². The molecule has 0 aliphatic carbocycles. The van der Waals surface area contributed by atoms with Crippen molar-refractivity contribution in [3.8, 4) is 5.75 Å². The minimum absolute atomic E-state index is 0.0386. The number of nitrogens with zero attached hydrogens (tertiary/aromatic N) is 3. The summed E-state index contributed by atoms with van der Waals surface area (Å²) in [5.41, 5.74) is 7.38. The Hall–Kier alpha value is -3.36. The number of ether oxygens (including phenoxy) is 1. The Morgan fingerprint density at radius 1 is 1.45 bits per heavy atom. The van der Waals surface area contributed by atoms with E-state index < -0.39 is 5.41 Å². The molecule has 0 radical (unpaired) electrons. The number of nitrogens with two attached hydrogens (primary N) is 1. The van der Waals surface area contributed by atoms with Crippen molar-refractivity contribution in [2.24, 2.45) is 5.41 Å². The van der Waals surface area contributed by atoms with Gasteiger partial charge in [-0.15, -0.1) is 0 Å². The second-order valence-corrected chi connectivity index (χ2v) is 6.78. The molecule has 0 saturated carbocycles. The van der Waals surface area contributed by atoms with E-state index >= 15 is 0 Å². The van der Waals surface area contributed by atoms with Gasteiger partial charge in [0, 0.05) is 31.9 Å². The number of rotatable bonds is 6. The number of hydrogen-bond donors (Lipinski definition) is 3. The Bertz CT molecular complexity index is 853. The number of carbonyl (C=O) groups excluding carboxylic acids is 1. The third-order valence-electron chi connectivity index (χ3n) is 4.91. The van der Waals surface area contributed by atoms with Gasteiger partial charge in [-0.1, -0.05) is 19.1 Å². The van der Waals surface area contributed by atoms with Gasteiger partial charge in [0.1, 0.15) is 11.6 Å². The quantitative estimate of drug-likeness (QED) is 0.614. The molecule has 0 bridgehead atoms. The highest BCUT2D eigenvalue weighted by Crippen LogP contribution is 2.38. The summed E-state index contributed by atoms with van der Waals surface area (Å²) in [6.07, 6.45) is 3.22. The molecule has 1 amide bonds. The van der Waals surface area contributed by atoms with Crippen LogP contribution in [0.25, 0.3) is 0 Å². The van der Waals surface area contributed by atoms with Crippen LogP contribution in [0.3, 0.4) is 0 Å². The van der Waals surface area contributed by atoms with Gasteiger partial charge in [0.15, 0.2) is 0 Å². The van der Waals surface area contributed by atoms with Crippen LogP contribution in [0.15, 0.2) is 30.5 Å². The number of nitrogen functional groups attached to an aromatic ring is 1. The third kappa shape index (κ3) is 4.92. The van der Waals surface area contributed by atoms with E-state index in [1.807, 2.05) is 24.3 Å². The maximum atomic E-state index is 12.6. The lowest BCUT2D eigenvalue weighted by Crippen LogP contribution is -2.64. The van der Waals surface area contributed by atoms with Crippen LogP contribution in [0.2, 0.25) is 0 Å². The van der Waals surface area contributed by atoms with Gasteiger partial charge in [-0.25, -0.2) is 4.98 Å². The Balaban J connectivity index is 0.000000941. The normalized spacial score (nSPS) is 14.1. The summed E-state index contributed by atoms with van der Waals surface area (Å²) < 4.78 is 5.30. The number of anilines is 2.